The van der Waals surface area contributed by atoms with Crippen LogP contribution in [0.25, 0.3) is 10.8 Å². The van der Waals surface area contributed by atoms with E-state index in [4.69, 9.17) is 0 Å². The monoisotopic (exact) mass is 427 g/mol. The van der Waals surface area contributed by atoms with Crippen LogP contribution in [0.2, 0.25) is 0 Å². The first kappa shape index (κ1) is 20.2. The lowest BCUT2D eigenvalue weighted by atomic mass is 9.96. The van der Waals surface area contributed by atoms with E-state index < -0.39 is 12.1 Å². The Labute approximate surface area is 187 Å². The van der Waals surface area contributed by atoms with Crippen molar-refractivity contribution < 1.29 is 14.4 Å². The number of nitrogens with zero attached hydrogens (tertiary/aromatic N) is 3. The molecule has 0 spiro atoms. The highest BCUT2D eigenvalue weighted by atomic mass is 16.2. The molecule has 6 nitrogen and oxygen atoms in total. The zero-order chi connectivity index (χ0) is 22.2. The molecule has 0 saturated carbocycles. The first-order chi connectivity index (χ1) is 15.5. The van der Waals surface area contributed by atoms with Crippen molar-refractivity contribution in [2.75, 3.05) is 26.7 Å². The molecule has 32 heavy (non-hydrogen) atoms. The smallest absolute Gasteiger partial charge is 0.254 e. The Hall–Kier alpha value is -3.67. The van der Waals surface area contributed by atoms with Crippen molar-refractivity contribution in [3.05, 3.63) is 83.9 Å². The maximum Gasteiger partial charge on any atom is 0.254 e. The van der Waals surface area contributed by atoms with Gasteiger partial charge in [0, 0.05) is 32.1 Å². The first-order valence-corrected chi connectivity index (χ1v) is 10.9. The molecule has 2 heterocycles. The number of amides is 3. The number of carbonyl (C=O) groups is 3. The van der Waals surface area contributed by atoms with E-state index in [0.29, 0.717) is 25.1 Å². The van der Waals surface area contributed by atoms with Crippen molar-refractivity contribution in [1.82, 2.24) is 14.7 Å². The predicted octanol–water partition coefficient (Wildman–Crippen LogP) is 2.58. The van der Waals surface area contributed by atoms with Gasteiger partial charge < -0.3 is 14.7 Å². The Bertz CT molecular complexity index is 1190. The van der Waals surface area contributed by atoms with Gasteiger partial charge in [-0.15, -0.1) is 0 Å². The van der Waals surface area contributed by atoms with E-state index in [0.717, 1.165) is 16.3 Å². The molecule has 0 bridgehead atoms. The minimum Gasteiger partial charge on any atom is -0.334 e. The summed E-state index contributed by atoms with van der Waals surface area (Å²) >= 11 is 0. The lowest BCUT2D eigenvalue weighted by Gasteiger charge is -2.48. The number of fused-ring (bicyclic) bond motifs is 2. The molecule has 2 fully saturated rings. The number of rotatable bonds is 3. The molecule has 0 aliphatic carbocycles. The Balaban J connectivity index is 1.34. The van der Waals surface area contributed by atoms with Crippen molar-refractivity contribution in [2.45, 2.75) is 18.5 Å². The van der Waals surface area contributed by atoms with Crippen LogP contribution in [-0.4, -0.2) is 71.2 Å². The topological polar surface area (TPSA) is 60.9 Å². The van der Waals surface area contributed by atoms with E-state index in [9.17, 15) is 14.4 Å². The van der Waals surface area contributed by atoms with Gasteiger partial charge in [0.05, 0.1) is 6.54 Å². The molecule has 2 aliphatic heterocycles. The van der Waals surface area contributed by atoms with Crippen molar-refractivity contribution in [1.29, 1.82) is 0 Å². The summed E-state index contributed by atoms with van der Waals surface area (Å²) in [5.41, 5.74) is 1.62. The Kier molecular flexibility index (Phi) is 5.13. The number of likely N-dealkylation sites (N-methyl/N-ethyl adjacent to an activating group) is 1. The van der Waals surface area contributed by atoms with Gasteiger partial charge in [0.25, 0.3) is 5.91 Å². The van der Waals surface area contributed by atoms with Crippen LogP contribution < -0.4 is 0 Å². The third kappa shape index (κ3) is 3.51. The molecule has 3 aromatic rings. The van der Waals surface area contributed by atoms with Gasteiger partial charge in [0.1, 0.15) is 12.1 Å². The lowest BCUT2D eigenvalue weighted by Crippen LogP contribution is -2.70. The molecule has 0 unspecified atom stereocenters. The normalized spacial score (nSPS) is 21.1. The predicted molar refractivity (Wildman–Crippen MR) is 122 cm³/mol. The number of piperazine rings is 2. The van der Waals surface area contributed by atoms with Gasteiger partial charge in [-0.25, -0.2) is 0 Å². The minimum absolute atomic E-state index is 0.0428. The Morgan fingerprint density at radius 3 is 2.38 bits per heavy atom. The number of benzene rings is 3. The largest absolute Gasteiger partial charge is 0.334 e. The third-order valence-corrected chi connectivity index (χ3v) is 6.60. The summed E-state index contributed by atoms with van der Waals surface area (Å²) in [5.74, 6) is -0.259. The summed E-state index contributed by atoms with van der Waals surface area (Å²) in [6, 6.07) is 22.2. The maximum absolute atomic E-state index is 13.2. The Morgan fingerprint density at radius 1 is 0.875 bits per heavy atom. The molecular weight excluding hydrogens is 402 g/mol. The molecule has 5 rings (SSSR count). The molecule has 2 aliphatic rings. The first-order valence-electron chi connectivity index (χ1n) is 10.9. The lowest BCUT2D eigenvalue weighted by molar-refractivity contribution is -0.163. The summed E-state index contributed by atoms with van der Waals surface area (Å²) in [5, 5.41) is 2.08. The van der Waals surface area contributed by atoms with Crippen LogP contribution in [0.15, 0.2) is 72.8 Å². The van der Waals surface area contributed by atoms with Gasteiger partial charge in [0.15, 0.2) is 0 Å². The molecule has 0 aromatic heterocycles. The van der Waals surface area contributed by atoms with Gasteiger partial charge in [-0.3, -0.25) is 14.4 Å². The summed E-state index contributed by atoms with van der Waals surface area (Å²) in [4.78, 5) is 44.5. The second-order valence-corrected chi connectivity index (χ2v) is 8.52. The van der Waals surface area contributed by atoms with Crippen LogP contribution in [0, 0.1) is 0 Å². The van der Waals surface area contributed by atoms with Crippen LogP contribution in [0.5, 0.6) is 0 Å². The van der Waals surface area contributed by atoms with E-state index in [1.165, 1.54) is 0 Å². The van der Waals surface area contributed by atoms with E-state index in [2.05, 4.69) is 0 Å². The van der Waals surface area contributed by atoms with Crippen LogP contribution >= 0.6 is 0 Å². The van der Waals surface area contributed by atoms with Gasteiger partial charge in [-0.2, -0.15) is 0 Å². The van der Waals surface area contributed by atoms with Crippen LogP contribution in [0.4, 0.5) is 0 Å². The fourth-order valence-electron chi connectivity index (χ4n) is 4.75. The highest BCUT2D eigenvalue weighted by Crippen LogP contribution is 2.25. The zero-order valence-electron chi connectivity index (χ0n) is 18.0. The van der Waals surface area contributed by atoms with Gasteiger partial charge in [0.2, 0.25) is 11.8 Å². The molecule has 0 N–H and O–H groups in total. The second-order valence-electron chi connectivity index (χ2n) is 8.52. The zero-order valence-corrected chi connectivity index (χ0v) is 18.0. The standard InChI is InChI=1S/C26H25N3O3/c1-27-22(15-18-7-3-2-4-8-18)26(32)29-14-13-28(17-23(29)25(27)31)24(30)21-12-11-19-9-5-6-10-20(19)16-21/h2-12,16,22-23H,13-15,17H2,1H3/t22-,23+/m0/s1. The maximum atomic E-state index is 13.2. The SMILES string of the molecule is CN1C(=O)[C@H]2CN(C(=O)c3ccc4ccccc4c3)CCN2C(=O)[C@@H]1Cc1ccccc1. The number of hydrogen-bond donors (Lipinski definition) is 0. The molecular formula is C26H25N3O3. The Morgan fingerprint density at radius 2 is 1.59 bits per heavy atom. The number of hydrogen-bond acceptors (Lipinski definition) is 3. The van der Waals surface area contributed by atoms with Crippen LogP contribution in [0.3, 0.4) is 0 Å². The van der Waals surface area contributed by atoms with E-state index >= 15 is 0 Å². The van der Waals surface area contributed by atoms with E-state index in [1.54, 1.807) is 21.7 Å². The highest BCUT2D eigenvalue weighted by Gasteiger charge is 2.47. The quantitative estimate of drug-likeness (QED) is 0.646. The summed E-state index contributed by atoms with van der Waals surface area (Å²) < 4.78 is 0. The van der Waals surface area contributed by atoms with Crippen molar-refractivity contribution in [2.24, 2.45) is 0 Å². The third-order valence-electron chi connectivity index (χ3n) is 6.60. The molecule has 2 saturated heterocycles. The van der Waals surface area contributed by atoms with Crippen molar-refractivity contribution in [3.8, 4) is 0 Å². The highest BCUT2D eigenvalue weighted by molar-refractivity contribution is 6.01. The molecule has 6 heteroatoms. The molecule has 162 valence electrons. The minimum atomic E-state index is -0.627. The average molecular weight is 428 g/mol. The van der Waals surface area contributed by atoms with Crippen molar-refractivity contribution >= 4 is 28.5 Å². The fraction of sp³-hybridized carbons (Fsp3) is 0.269. The van der Waals surface area contributed by atoms with Gasteiger partial charge >= 0.3 is 0 Å². The van der Waals surface area contributed by atoms with Crippen LogP contribution in [0.1, 0.15) is 15.9 Å². The number of carbonyl (C=O) groups excluding carboxylic acids is 3. The molecule has 2 atom stereocenters. The summed E-state index contributed by atoms with van der Waals surface area (Å²) in [7, 11) is 1.69. The van der Waals surface area contributed by atoms with Gasteiger partial charge in [-0.05, 0) is 28.5 Å². The summed E-state index contributed by atoms with van der Waals surface area (Å²) in [6.07, 6.45) is 0.491. The molecule has 3 amide bonds. The average Bonchev–Trinajstić information content (AvgIpc) is 2.85. The van der Waals surface area contributed by atoms with E-state index in [1.807, 2.05) is 72.8 Å². The fourth-order valence-corrected chi connectivity index (χ4v) is 4.75. The molecule has 0 radical (unpaired) electrons. The van der Waals surface area contributed by atoms with E-state index in [-0.39, 0.29) is 24.3 Å². The molecule has 3 aromatic carbocycles. The summed E-state index contributed by atoms with van der Waals surface area (Å²) in [6.45, 7) is 1.01. The van der Waals surface area contributed by atoms with Crippen molar-refractivity contribution in [3.63, 3.8) is 0 Å². The van der Waals surface area contributed by atoms with Gasteiger partial charge in [-0.1, -0.05) is 60.7 Å². The second kappa shape index (κ2) is 8.11. The van der Waals surface area contributed by atoms with Crippen LogP contribution in [-0.2, 0) is 16.0 Å².